The van der Waals surface area contributed by atoms with E-state index in [0.717, 1.165) is 5.56 Å². The van der Waals surface area contributed by atoms with E-state index in [-0.39, 0.29) is 56.5 Å². The van der Waals surface area contributed by atoms with E-state index in [4.69, 9.17) is 9.47 Å². The molecule has 10 nitrogen and oxygen atoms in total. The van der Waals surface area contributed by atoms with Crippen LogP contribution >= 0.6 is 0 Å². The van der Waals surface area contributed by atoms with Crippen LogP contribution in [0.1, 0.15) is 44.7 Å². The molecule has 5 rings (SSSR count). The molecule has 6 atom stereocenters. The van der Waals surface area contributed by atoms with E-state index in [1.807, 2.05) is 56.3 Å². The van der Waals surface area contributed by atoms with E-state index >= 15 is 0 Å². The summed E-state index contributed by atoms with van der Waals surface area (Å²) in [6.45, 7) is 4.07. The third kappa shape index (κ3) is 4.94. The van der Waals surface area contributed by atoms with Crippen LogP contribution in [0.4, 0.5) is 0 Å². The zero-order valence-corrected chi connectivity index (χ0v) is 22.9. The Hall–Kier alpha value is -3.50. The lowest BCUT2D eigenvalue weighted by Crippen LogP contribution is -2.57. The summed E-state index contributed by atoms with van der Waals surface area (Å²) in [5.74, 6) is -3.15. The monoisotopic (exact) mass is 551 g/mol. The van der Waals surface area contributed by atoms with Crippen molar-refractivity contribution in [3.05, 3.63) is 60.2 Å². The third-order valence-electron chi connectivity index (χ3n) is 8.29. The van der Waals surface area contributed by atoms with E-state index < -0.39 is 41.5 Å². The van der Waals surface area contributed by atoms with Gasteiger partial charge >= 0.3 is 5.97 Å². The van der Waals surface area contributed by atoms with Crippen LogP contribution in [0, 0.1) is 11.8 Å². The summed E-state index contributed by atoms with van der Waals surface area (Å²) < 4.78 is 12.0. The predicted molar refractivity (Wildman–Crippen MR) is 144 cm³/mol. The summed E-state index contributed by atoms with van der Waals surface area (Å²) in [4.78, 5) is 57.7. The van der Waals surface area contributed by atoms with Crippen LogP contribution < -0.4 is 5.32 Å². The van der Waals surface area contributed by atoms with Crippen molar-refractivity contribution in [2.75, 3.05) is 26.3 Å². The maximum atomic E-state index is 14.2. The van der Waals surface area contributed by atoms with Crippen molar-refractivity contribution in [1.29, 1.82) is 0 Å². The third-order valence-corrected chi connectivity index (χ3v) is 8.29. The molecule has 0 aliphatic carbocycles. The van der Waals surface area contributed by atoms with E-state index in [0.29, 0.717) is 12.8 Å². The fourth-order valence-corrected chi connectivity index (χ4v) is 6.37. The second-order valence-electron chi connectivity index (χ2n) is 11.1. The van der Waals surface area contributed by atoms with Crippen LogP contribution in [0.5, 0.6) is 0 Å². The van der Waals surface area contributed by atoms with Crippen molar-refractivity contribution in [3.63, 3.8) is 0 Å². The molecule has 1 aromatic carbocycles. The lowest BCUT2D eigenvalue weighted by atomic mass is 9.74. The van der Waals surface area contributed by atoms with Gasteiger partial charge in [0.2, 0.25) is 17.7 Å². The van der Waals surface area contributed by atoms with Gasteiger partial charge in [0.15, 0.2) is 0 Å². The Bertz CT molecular complexity index is 1200. The molecule has 0 saturated carbocycles. The quantitative estimate of drug-likeness (QED) is 0.420. The number of carbonyl (C=O) groups is 4. The van der Waals surface area contributed by atoms with Crippen LogP contribution in [0.15, 0.2) is 54.6 Å². The minimum absolute atomic E-state index is 0.0546. The lowest BCUT2D eigenvalue weighted by Gasteiger charge is -2.37. The first-order valence-electron chi connectivity index (χ1n) is 14.0. The molecule has 4 aliphatic heterocycles. The minimum atomic E-state index is -1.28. The van der Waals surface area contributed by atoms with E-state index in [1.165, 1.54) is 4.90 Å². The number of allylic oxidation sites excluding steroid dienone is 1. The van der Waals surface area contributed by atoms with Crippen molar-refractivity contribution in [1.82, 2.24) is 15.1 Å². The standard InChI is InChI=1S/C30H37N3O7/c1-19(2)32-15-8-4-7-12-23(35)39-18-21(20-10-5-3-6-11-20)31-27(36)24-22-13-14-30(40-22)25(24)28(37)33(16-9-17-34)26(30)29(32)38/h3-6,8,10-11,13-14,19,21-22,24-26,34H,7,9,12,15-18H2,1-2H3,(H,31,36)/b8-4-/t21-,22-,24+,25+,26-,30+/m1/s1. The van der Waals surface area contributed by atoms with Gasteiger partial charge in [-0.25, -0.2) is 0 Å². The summed E-state index contributed by atoms with van der Waals surface area (Å²) in [6, 6.07) is 7.45. The van der Waals surface area contributed by atoms with Crippen LogP contribution in [0.25, 0.3) is 0 Å². The Balaban J connectivity index is 1.55. The van der Waals surface area contributed by atoms with Crippen molar-refractivity contribution in [3.8, 4) is 0 Å². The summed E-state index contributed by atoms with van der Waals surface area (Å²) in [5.41, 5.74) is -0.519. The molecule has 2 N–H and O–H groups in total. The topological polar surface area (TPSA) is 125 Å². The average Bonchev–Trinajstić information content (AvgIpc) is 3.58. The van der Waals surface area contributed by atoms with Crippen LogP contribution in [0.3, 0.4) is 0 Å². The highest BCUT2D eigenvalue weighted by atomic mass is 16.5. The van der Waals surface area contributed by atoms with Crippen molar-refractivity contribution in [2.45, 2.75) is 62.9 Å². The average molecular weight is 552 g/mol. The molecule has 2 fully saturated rings. The van der Waals surface area contributed by atoms with Gasteiger partial charge in [0.1, 0.15) is 18.2 Å². The van der Waals surface area contributed by atoms with E-state index in [1.54, 1.807) is 17.1 Å². The maximum Gasteiger partial charge on any atom is 0.306 e. The molecular weight excluding hydrogens is 514 g/mol. The van der Waals surface area contributed by atoms with Gasteiger partial charge in [-0.05, 0) is 32.3 Å². The number of nitrogens with zero attached hydrogens (tertiary/aromatic N) is 2. The van der Waals surface area contributed by atoms with E-state index in [9.17, 15) is 24.3 Å². The van der Waals surface area contributed by atoms with Gasteiger partial charge in [0, 0.05) is 32.2 Å². The van der Waals surface area contributed by atoms with Gasteiger partial charge in [-0.15, -0.1) is 0 Å². The molecule has 3 amide bonds. The normalized spacial score (nSPS) is 33.4. The number of esters is 1. The first kappa shape index (κ1) is 28.0. The number of amides is 3. The molecule has 40 heavy (non-hydrogen) atoms. The number of fused-ring (bicyclic) bond motifs is 2. The Morgan fingerprint density at radius 3 is 2.60 bits per heavy atom. The maximum absolute atomic E-state index is 14.2. The summed E-state index contributed by atoms with van der Waals surface area (Å²) in [6.07, 6.45) is 7.47. The van der Waals surface area contributed by atoms with Crippen LogP contribution in [-0.2, 0) is 28.7 Å². The van der Waals surface area contributed by atoms with Gasteiger partial charge in [-0.3, -0.25) is 19.2 Å². The first-order chi connectivity index (χ1) is 19.3. The molecule has 0 aromatic heterocycles. The number of aliphatic hydroxyl groups excluding tert-OH is 1. The molecule has 4 aliphatic rings. The Kier molecular flexibility index (Phi) is 8.09. The van der Waals surface area contributed by atoms with Gasteiger partial charge in [0.25, 0.3) is 0 Å². The molecule has 2 saturated heterocycles. The summed E-state index contributed by atoms with van der Waals surface area (Å²) >= 11 is 0. The summed E-state index contributed by atoms with van der Waals surface area (Å²) in [7, 11) is 0. The van der Waals surface area contributed by atoms with Crippen molar-refractivity contribution < 1.29 is 33.8 Å². The first-order valence-corrected chi connectivity index (χ1v) is 14.0. The fraction of sp³-hybridized carbons (Fsp3) is 0.533. The molecule has 214 valence electrons. The lowest BCUT2D eigenvalue weighted by molar-refractivity contribution is -0.148. The highest BCUT2D eigenvalue weighted by molar-refractivity contribution is 6.00. The second-order valence-corrected chi connectivity index (χ2v) is 11.1. The molecule has 5 bridgehead atoms. The van der Waals surface area contributed by atoms with Gasteiger partial charge in [0.05, 0.1) is 24.0 Å². The Morgan fingerprint density at radius 2 is 1.88 bits per heavy atom. The second kappa shape index (κ2) is 11.5. The molecule has 0 unspecified atom stereocenters. The molecule has 1 spiro atoms. The SMILES string of the molecule is CC(C)N1C/C=C\CCC(=O)OC[C@H](c2ccccc2)NC(=O)[C@@H]2[C@H]3C(=O)N(CCCO)[C@H](C1=O)[C@]31C=C[C@H]2O1. The fourth-order valence-electron chi connectivity index (χ4n) is 6.37. The zero-order chi connectivity index (χ0) is 28.4. The molecule has 10 heteroatoms. The van der Waals surface area contributed by atoms with Crippen LogP contribution in [0.2, 0.25) is 0 Å². The van der Waals surface area contributed by atoms with Gasteiger partial charge in [-0.2, -0.15) is 0 Å². The number of nitrogens with one attached hydrogen (secondary N) is 1. The number of benzene rings is 1. The van der Waals surface area contributed by atoms with E-state index in [2.05, 4.69) is 5.32 Å². The number of rotatable bonds is 5. The highest BCUT2D eigenvalue weighted by Gasteiger charge is 2.73. The molecular formula is C30H37N3O7. The molecule has 0 radical (unpaired) electrons. The largest absolute Gasteiger partial charge is 0.463 e. The number of aliphatic hydroxyl groups is 1. The van der Waals surface area contributed by atoms with Crippen molar-refractivity contribution in [2.24, 2.45) is 11.8 Å². The number of hydrogen-bond donors (Lipinski definition) is 2. The van der Waals surface area contributed by atoms with Crippen LogP contribution in [-0.4, -0.2) is 88.7 Å². The zero-order valence-electron chi connectivity index (χ0n) is 22.9. The Labute approximate surface area is 234 Å². The summed E-state index contributed by atoms with van der Waals surface area (Å²) in [5, 5.41) is 12.6. The number of likely N-dealkylation sites (tertiary alicyclic amines) is 1. The number of hydrogen-bond acceptors (Lipinski definition) is 7. The molecule has 4 heterocycles. The minimum Gasteiger partial charge on any atom is -0.463 e. The number of cyclic esters (lactones) is 1. The van der Waals surface area contributed by atoms with Gasteiger partial charge in [-0.1, -0.05) is 54.6 Å². The Morgan fingerprint density at radius 1 is 1.10 bits per heavy atom. The van der Waals surface area contributed by atoms with Crippen molar-refractivity contribution >= 4 is 23.7 Å². The predicted octanol–water partition coefficient (Wildman–Crippen LogP) is 1.51. The number of ether oxygens (including phenoxy) is 2. The van der Waals surface area contributed by atoms with Gasteiger partial charge < -0.3 is 29.7 Å². The highest BCUT2D eigenvalue weighted by Crippen LogP contribution is 2.55. The number of carbonyl (C=O) groups excluding carboxylic acids is 4. The smallest absolute Gasteiger partial charge is 0.306 e. The molecule has 1 aromatic rings.